The van der Waals surface area contributed by atoms with E-state index in [4.69, 9.17) is 4.74 Å². The van der Waals surface area contributed by atoms with E-state index in [2.05, 4.69) is 20.8 Å². The van der Waals surface area contributed by atoms with Crippen molar-refractivity contribution >= 4 is 0 Å². The van der Waals surface area contributed by atoms with Crippen LogP contribution in [0.1, 0.15) is 41.0 Å². The Bertz CT molecular complexity index is 97.0. The lowest BCUT2D eigenvalue weighted by molar-refractivity contribution is -0.0247. The predicted molar refractivity (Wildman–Crippen MR) is 49.7 cm³/mol. The SMILES string of the molecule is CC.C[C@@H]1CCOCC1(C)C. The van der Waals surface area contributed by atoms with Crippen molar-refractivity contribution in [2.24, 2.45) is 11.3 Å². The fourth-order valence-electron chi connectivity index (χ4n) is 1.13. The quantitative estimate of drug-likeness (QED) is 0.526. The zero-order valence-corrected chi connectivity index (χ0v) is 8.61. The monoisotopic (exact) mass is 158 g/mol. The third-order valence-electron chi connectivity index (χ3n) is 2.50. The Labute approximate surface area is 71.1 Å². The van der Waals surface area contributed by atoms with Crippen LogP contribution in [0.4, 0.5) is 0 Å². The van der Waals surface area contributed by atoms with E-state index in [1.165, 1.54) is 6.42 Å². The van der Waals surface area contributed by atoms with Crippen LogP contribution in [0.3, 0.4) is 0 Å². The van der Waals surface area contributed by atoms with Crippen LogP contribution in [-0.4, -0.2) is 13.2 Å². The molecular formula is C10H22O. The molecule has 1 atom stereocenters. The minimum Gasteiger partial charge on any atom is -0.381 e. The van der Waals surface area contributed by atoms with Gasteiger partial charge in [0.2, 0.25) is 0 Å². The summed E-state index contributed by atoms with van der Waals surface area (Å²) in [6, 6.07) is 0. The molecule has 0 aliphatic carbocycles. The third-order valence-corrected chi connectivity index (χ3v) is 2.50. The molecule has 1 nitrogen and oxygen atoms in total. The van der Waals surface area contributed by atoms with Crippen LogP contribution < -0.4 is 0 Å². The smallest absolute Gasteiger partial charge is 0.0519 e. The number of hydrogen-bond acceptors (Lipinski definition) is 1. The van der Waals surface area contributed by atoms with Gasteiger partial charge >= 0.3 is 0 Å². The summed E-state index contributed by atoms with van der Waals surface area (Å²) in [4.78, 5) is 0. The normalized spacial score (nSPS) is 28.6. The molecule has 1 heteroatoms. The average Bonchev–Trinajstić information content (AvgIpc) is 2.00. The summed E-state index contributed by atoms with van der Waals surface area (Å²) >= 11 is 0. The Kier molecular flexibility index (Phi) is 4.74. The summed E-state index contributed by atoms with van der Waals surface area (Å²) in [5.74, 6) is 0.825. The van der Waals surface area contributed by atoms with Gasteiger partial charge in [0.25, 0.3) is 0 Å². The van der Waals surface area contributed by atoms with Crippen LogP contribution >= 0.6 is 0 Å². The second-order valence-corrected chi connectivity index (χ2v) is 3.73. The van der Waals surface area contributed by atoms with Crippen molar-refractivity contribution in [1.82, 2.24) is 0 Å². The molecule has 0 N–H and O–H groups in total. The highest BCUT2D eigenvalue weighted by molar-refractivity contribution is 4.77. The molecule has 0 saturated carbocycles. The Hall–Kier alpha value is -0.0400. The van der Waals surface area contributed by atoms with E-state index in [1.807, 2.05) is 13.8 Å². The second-order valence-electron chi connectivity index (χ2n) is 3.73. The molecule has 0 amide bonds. The lowest BCUT2D eigenvalue weighted by Gasteiger charge is -2.35. The van der Waals surface area contributed by atoms with Gasteiger partial charge in [-0.05, 0) is 17.8 Å². The second kappa shape index (κ2) is 4.76. The lowest BCUT2D eigenvalue weighted by Crippen LogP contribution is -2.33. The molecule has 0 spiro atoms. The molecule has 0 unspecified atom stereocenters. The standard InChI is InChI=1S/C8H16O.C2H6/c1-7-4-5-9-6-8(7,2)3;1-2/h7H,4-6H2,1-3H3;1-2H3/t7-;/m1./s1. The highest BCUT2D eigenvalue weighted by Crippen LogP contribution is 2.32. The molecule has 1 fully saturated rings. The van der Waals surface area contributed by atoms with Gasteiger partial charge in [-0.2, -0.15) is 0 Å². The van der Waals surface area contributed by atoms with Crippen LogP contribution in [0, 0.1) is 11.3 Å². The fraction of sp³-hybridized carbons (Fsp3) is 1.00. The Morgan fingerprint density at radius 2 is 1.82 bits per heavy atom. The van der Waals surface area contributed by atoms with Gasteiger partial charge in [0.05, 0.1) is 6.61 Å². The summed E-state index contributed by atoms with van der Waals surface area (Å²) in [5.41, 5.74) is 0.415. The maximum Gasteiger partial charge on any atom is 0.0519 e. The molecule has 11 heavy (non-hydrogen) atoms. The molecule has 68 valence electrons. The van der Waals surface area contributed by atoms with Crippen molar-refractivity contribution in [3.05, 3.63) is 0 Å². The van der Waals surface area contributed by atoms with Crippen molar-refractivity contribution < 1.29 is 4.74 Å². The highest BCUT2D eigenvalue weighted by atomic mass is 16.5. The number of rotatable bonds is 0. The molecule has 0 aromatic carbocycles. The summed E-state index contributed by atoms with van der Waals surface area (Å²) in [5, 5.41) is 0. The molecule has 0 aromatic heterocycles. The zero-order valence-electron chi connectivity index (χ0n) is 8.61. The first-order valence-electron chi connectivity index (χ1n) is 4.71. The Morgan fingerprint density at radius 1 is 1.27 bits per heavy atom. The van der Waals surface area contributed by atoms with E-state index in [-0.39, 0.29) is 0 Å². The van der Waals surface area contributed by atoms with Crippen LogP contribution in [-0.2, 0) is 4.74 Å². The van der Waals surface area contributed by atoms with Crippen molar-refractivity contribution in [3.8, 4) is 0 Å². The minimum atomic E-state index is 0.415. The average molecular weight is 158 g/mol. The van der Waals surface area contributed by atoms with E-state index < -0.39 is 0 Å². The summed E-state index contributed by atoms with van der Waals surface area (Å²) < 4.78 is 5.36. The first kappa shape index (κ1) is 11.0. The van der Waals surface area contributed by atoms with Gasteiger partial charge in [0.1, 0.15) is 0 Å². The van der Waals surface area contributed by atoms with Crippen LogP contribution in [0.15, 0.2) is 0 Å². The molecular weight excluding hydrogens is 136 g/mol. The first-order chi connectivity index (χ1) is 5.13. The molecule has 0 radical (unpaired) electrons. The molecule has 1 rings (SSSR count). The molecule has 1 saturated heterocycles. The van der Waals surface area contributed by atoms with Crippen molar-refractivity contribution in [2.45, 2.75) is 41.0 Å². The van der Waals surface area contributed by atoms with Crippen molar-refractivity contribution in [2.75, 3.05) is 13.2 Å². The lowest BCUT2D eigenvalue weighted by atomic mass is 9.78. The van der Waals surface area contributed by atoms with Crippen LogP contribution in [0.5, 0.6) is 0 Å². The Balaban J connectivity index is 0.000000461. The predicted octanol–water partition coefficient (Wildman–Crippen LogP) is 3.10. The first-order valence-corrected chi connectivity index (χ1v) is 4.71. The van der Waals surface area contributed by atoms with E-state index >= 15 is 0 Å². The maximum atomic E-state index is 5.36. The van der Waals surface area contributed by atoms with Gasteiger partial charge in [-0.1, -0.05) is 34.6 Å². The summed E-state index contributed by atoms with van der Waals surface area (Å²) in [7, 11) is 0. The zero-order chi connectivity index (χ0) is 8.91. The van der Waals surface area contributed by atoms with Crippen LogP contribution in [0.25, 0.3) is 0 Å². The fourth-order valence-corrected chi connectivity index (χ4v) is 1.13. The highest BCUT2D eigenvalue weighted by Gasteiger charge is 2.28. The number of hydrogen-bond donors (Lipinski definition) is 0. The third kappa shape index (κ3) is 3.24. The largest absolute Gasteiger partial charge is 0.381 e. The molecule has 1 aliphatic heterocycles. The summed E-state index contributed by atoms with van der Waals surface area (Å²) in [6.07, 6.45) is 1.23. The van der Waals surface area contributed by atoms with Gasteiger partial charge in [-0.3, -0.25) is 0 Å². The molecule has 1 heterocycles. The van der Waals surface area contributed by atoms with Gasteiger partial charge < -0.3 is 4.74 Å². The van der Waals surface area contributed by atoms with E-state index in [0.717, 1.165) is 19.1 Å². The van der Waals surface area contributed by atoms with E-state index in [0.29, 0.717) is 5.41 Å². The molecule has 0 aromatic rings. The molecule has 1 aliphatic rings. The van der Waals surface area contributed by atoms with Crippen molar-refractivity contribution in [3.63, 3.8) is 0 Å². The topological polar surface area (TPSA) is 9.23 Å². The van der Waals surface area contributed by atoms with Gasteiger partial charge in [-0.25, -0.2) is 0 Å². The minimum absolute atomic E-state index is 0.415. The van der Waals surface area contributed by atoms with Gasteiger partial charge in [-0.15, -0.1) is 0 Å². The van der Waals surface area contributed by atoms with Crippen LogP contribution in [0.2, 0.25) is 0 Å². The summed E-state index contributed by atoms with van der Waals surface area (Å²) in [6.45, 7) is 12.8. The van der Waals surface area contributed by atoms with E-state index in [1.54, 1.807) is 0 Å². The van der Waals surface area contributed by atoms with Gasteiger partial charge in [0, 0.05) is 6.61 Å². The molecule has 0 bridgehead atoms. The van der Waals surface area contributed by atoms with Gasteiger partial charge in [0.15, 0.2) is 0 Å². The van der Waals surface area contributed by atoms with E-state index in [9.17, 15) is 0 Å². The maximum absolute atomic E-state index is 5.36. The van der Waals surface area contributed by atoms with Crippen molar-refractivity contribution in [1.29, 1.82) is 0 Å². The Morgan fingerprint density at radius 3 is 2.09 bits per heavy atom. The number of ether oxygens (including phenoxy) is 1.